The molecule has 27 heavy (non-hydrogen) atoms. The summed E-state index contributed by atoms with van der Waals surface area (Å²) in [5.41, 5.74) is 8.00. The molecule has 1 aromatic heterocycles. The van der Waals surface area contributed by atoms with E-state index in [1.54, 1.807) is 0 Å². The predicted molar refractivity (Wildman–Crippen MR) is 106 cm³/mol. The van der Waals surface area contributed by atoms with Crippen LogP contribution in [-0.2, 0) is 16.0 Å². The Kier molecular flexibility index (Phi) is 6.73. The number of likely N-dealkylation sites (tertiary alicyclic amines) is 1. The largest absolute Gasteiger partial charge is 0.369 e. The number of thioether (sulfide) groups is 1. The van der Waals surface area contributed by atoms with E-state index in [0.29, 0.717) is 30.0 Å². The molecule has 7 heteroatoms. The highest BCUT2D eigenvalue weighted by atomic mass is 32.2. The Balaban J connectivity index is 1.62. The van der Waals surface area contributed by atoms with Gasteiger partial charge in [-0.3, -0.25) is 9.59 Å². The Morgan fingerprint density at radius 2 is 1.78 bits per heavy atom. The minimum absolute atomic E-state index is 0.175. The molecule has 2 N–H and O–H groups in total. The Bertz CT molecular complexity index is 684. The number of primary amides is 1. The summed E-state index contributed by atoms with van der Waals surface area (Å²) in [4.78, 5) is 35.0. The summed E-state index contributed by atoms with van der Waals surface area (Å²) in [5, 5.41) is 0.569. The number of nitrogens with zero attached hydrogens (tertiary/aromatic N) is 3. The average Bonchev–Trinajstić information content (AvgIpc) is 2.65. The first-order chi connectivity index (χ1) is 13.0. The van der Waals surface area contributed by atoms with Gasteiger partial charge in [0.15, 0.2) is 5.16 Å². The first-order valence-electron chi connectivity index (χ1n) is 10.0. The molecule has 0 spiro atoms. The predicted octanol–water partition coefficient (Wildman–Crippen LogP) is 2.78. The molecular formula is C20H30N4O2S. The van der Waals surface area contributed by atoms with Gasteiger partial charge in [-0.15, -0.1) is 0 Å². The molecule has 2 aliphatic rings. The lowest BCUT2D eigenvalue weighted by molar-refractivity contribution is -0.137. The van der Waals surface area contributed by atoms with Gasteiger partial charge >= 0.3 is 0 Å². The lowest BCUT2D eigenvalue weighted by Gasteiger charge is -2.44. The van der Waals surface area contributed by atoms with Crippen LogP contribution in [0.2, 0.25) is 0 Å². The third-order valence-corrected chi connectivity index (χ3v) is 6.77. The maximum atomic E-state index is 12.9. The smallest absolute Gasteiger partial charge is 0.227 e. The Labute approximate surface area is 165 Å². The summed E-state index contributed by atoms with van der Waals surface area (Å²) >= 11 is 1.25. The lowest BCUT2D eigenvalue weighted by Crippen LogP contribution is -2.49. The summed E-state index contributed by atoms with van der Waals surface area (Å²) in [6, 6.07) is 0.464. The van der Waals surface area contributed by atoms with Gasteiger partial charge in [-0.25, -0.2) is 9.97 Å². The molecule has 3 rings (SSSR count). The van der Waals surface area contributed by atoms with Crippen LogP contribution in [0.4, 0.5) is 0 Å². The monoisotopic (exact) mass is 390 g/mol. The molecule has 1 aliphatic heterocycles. The van der Waals surface area contributed by atoms with E-state index in [9.17, 15) is 9.59 Å². The molecule has 1 aromatic rings. The number of carbonyl (C=O) groups excluding carboxylic acids is 2. The van der Waals surface area contributed by atoms with Crippen molar-refractivity contribution in [2.45, 2.75) is 76.4 Å². The van der Waals surface area contributed by atoms with Crippen molar-refractivity contribution in [1.29, 1.82) is 0 Å². The van der Waals surface area contributed by atoms with Crippen molar-refractivity contribution in [3.8, 4) is 0 Å². The fourth-order valence-electron chi connectivity index (χ4n) is 4.58. The number of piperidine rings is 1. The van der Waals surface area contributed by atoms with Gasteiger partial charge in [0.1, 0.15) is 0 Å². The average molecular weight is 391 g/mol. The van der Waals surface area contributed by atoms with Crippen molar-refractivity contribution in [2.24, 2.45) is 11.7 Å². The highest BCUT2D eigenvalue weighted by Gasteiger charge is 2.35. The van der Waals surface area contributed by atoms with Crippen LogP contribution in [0.5, 0.6) is 0 Å². The molecule has 0 radical (unpaired) electrons. The number of hydrogen-bond acceptors (Lipinski definition) is 5. The highest BCUT2D eigenvalue weighted by Crippen LogP contribution is 2.35. The molecule has 1 saturated heterocycles. The first-order valence-corrected chi connectivity index (χ1v) is 11.0. The quantitative estimate of drug-likeness (QED) is 0.596. The summed E-state index contributed by atoms with van der Waals surface area (Å²) < 4.78 is 0. The van der Waals surface area contributed by atoms with Crippen molar-refractivity contribution in [3.63, 3.8) is 0 Å². The molecule has 2 atom stereocenters. The van der Waals surface area contributed by atoms with Crippen molar-refractivity contribution in [3.05, 3.63) is 17.0 Å². The summed E-state index contributed by atoms with van der Waals surface area (Å²) in [5.74, 6) is 0.785. The maximum Gasteiger partial charge on any atom is 0.227 e. The number of rotatable bonds is 6. The third-order valence-electron chi connectivity index (χ3n) is 5.90. The second kappa shape index (κ2) is 9.04. The number of aromatic nitrogens is 2. The van der Waals surface area contributed by atoms with Gasteiger partial charge in [-0.1, -0.05) is 24.6 Å². The van der Waals surface area contributed by atoms with Crippen LogP contribution in [-0.4, -0.2) is 45.0 Å². The molecule has 1 aliphatic carbocycles. The van der Waals surface area contributed by atoms with E-state index in [1.165, 1.54) is 43.9 Å². The SMILES string of the molecule is Cc1nc(SCC(N)=O)nc(C)c1CCC(=O)N1CCC[C@H]2CCCC[C@@H]21. The van der Waals surface area contributed by atoms with Crippen LogP contribution >= 0.6 is 11.8 Å². The number of fused-ring (bicyclic) bond motifs is 1. The zero-order valence-electron chi connectivity index (χ0n) is 16.4. The topological polar surface area (TPSA) is 89.2 Å². The van der Waals surface area contributed by atoms with Gasteiger partial charge in [-0.05, 0) is 57.4 Å². The minimum atomic E-state index is -0.379. The Morgan fingerprint density at radius 1 is 1.11 bits per heavy atom. The van der Waals surface area contributed by atoms with Crippen LogP contribution in [0.1, 0.15) is 61.9 Å². The standard InChI is InChI=1S/C20H30N4O2S/c1-13-16(14(2)23-20(22-13)27-12-18(21)25)9-10-19(26)24-11-5-7-15-6-3-4-8-17(15)24/h15,17H,3-12H2,1-2H3,(H2,21,25)/t15-,17+/m1/s1. The molecule has 2 fully saturated rings. The maximum absolute atomic E-state index is 12.9. The van der Waals surface area contributed by atoms with Gasteiger partial charge in [-0.2, -0.15) is 0 Å². The van der Waals surface area contributed by atoms with E-state index in [0.717, 1.165) is 29.9 Å². The number of amides is 2. The van der Waals surface area contributed by atoms with E-state index in [2.05, 4.69) is 14.9 Å². The van der Waals surface area contributed by atoms with Gasteiger partial charge in [0.05, 0.1) is 5.75 Å². The van der Waals surface area contributed by atoms with Crippen LogP contribution in [0.15, 0.2) is 5.16 Å². The van der Waals surface area contributed by atoms with Crippen molar-refractivity contribution in [2.75, 3.05) is 12.3 Å². The zero-order chi connectivity index (χ0) is 19.4. The number of hydrogen-bond donors (Lipinski definition) is 1. The first kappa shape index (κ1) is 20.1. The highest BCUT2D eigenvalue weighted by molar-refractivity contribution is 7.99. The molecule has 1 saturated carbocycles. The molecule has 0 unspecified atom stereocenters. The van der Waals surface area contributed by atoms with Crippen LogP contribution in [0.25, 0.3) is 0 Å². The molecule has 0 bridgehead atoms. The van der Waals surface area contributed by atoms with Crippen molar-refractivity contribution in [1.82, 2.24) is 14.9 Å². The van der Waals surface area contributed by atoms with E-state index < -0.39 is 0 Å². The second-order valence-electron chi connectivity index (χ2n) is 7.75. The van der Waals surface area contributed by atoms with Gasteiger partial charge in [0.2, 0.25) is 11.8 Å². The second-order valence-corrected chi connectivity index (χ2v) is 8.69. The van der Waals surface area contributed by atoms with Crippen LogP contribution in [0, 0.1) is 19.8 Å². The number of nitrogens with two attached hydrogens (primary N) is 1. The fourth-order valence-corrected chi connectivity index (χ4v) is 5.26. The van der Waals surface area contributed by atoms with E-state index >= 15 is 0 Å². The van der Waals surface area contributed by atoms with Crippen molar-refractivity contribution < 1.29 is 9.59 Å². The lowest BCUT2D eigenvalue weighted by atomic mass is 9.78. The minimum Gasteiger partial charge on any atom is -0.369 e. The van der Waals surface area contributed by atoms with E-state index in [1.807, 2.05) is 13.8 Å². The fraction of sp³-hybridized carbons (Fsp3) is 0.700. The van der Waals surface area contributed by atoms with Crippen LogP contribution in [0.3, 0.4) is 0 Å². The number of carbonyl (C=O) groups is 2. The summed E-state index contributed by atoms with van der Waals surface area (Å²) in [7, 11) is 0. The Morgan fingerprint density at radius 3 is 2.48 bits per heavy atom. The van der Waals surface area contributed by atoms with Gasteiger partial charge in [0, 0.05) is 30.4 Å². The molecule has 6 nitrogen and oxygen atoms in total. The normalized spacial score (nSPS) is 22.4. The molecular weight excluding hydrogens is 360 g/mol. The van der Waals surface area contributed by atoms with E-state index in [-0.39, 0.29) is 17.6 Å². The van der Waals surface area contributed by atoms with Crippen LogP contribution < -0.4 is 5.73 Å². The van der Waals surface area contributed by atoms with Crippen molar-refractivity contribution >= 4 is 23.6 Å². The summed E-state index contributed by atoms with van der Waals surface area (Å²) in [6.45, 7) is 4.80. The molecule has 148 valence electrons. The van der Waals surface area contributed by atoms with E-state index in [4.69, 9.17) is 5.73 Å². The zero-order valence-corrected chi connectivity index (χ0v) is 17.2. The third kappa shape index (κ3) is 5.00. The summed E-state index contributed by atoms with van der Waals surface area (Å²) in [6.07, 6.45) is 8.63. The number of aryl methyl sites for hydroxylation is 2. The molecule has 0 aromatic carbocycles. The molecule has 2 amide bonds. The van der Waals surface area contributed by atoms with Gasteiger partial charge < -0.3 is 10.6 Å². The van der Waals surface area contributed by atoms with Gasteiger partial charge in [0.25, 0.3) is 0 Å². The Hall–Kier alpha value is -1.63. The molecule has 2 heterocycles.